The Labute approximate surface area is 104 Å². The lowest BCUT2D eigenvalue weighted by Gasteiger charge is -2.20. The minimum absolute atomic E-state index is 0.0557. The van der Waals surface area contributed by atoms with Crippen molar-refractivity contribution >= 4 is 12.0 Å². The zero-order chi connectivity index (χ0) is 13.1. The normalized spacial score (nSPS) is 14.3. The molecule has 1 aromatic rings. The van der Waals surface area contributed by atoms with E-state index in [1.165, 1.54) is 4.90 Å². The summed E-state index contributed by atoms with van der Waals surface area (Å²) in [5.41, 5.74) is 0.618. The van der Waals surface area contributed by atoms with Crippen molar-refractivity contribution in [2.24, 2.45) is 0 Å². The first-order valence-electron chi connectivity index (χ1n) is 5.74. The van der Waals surface area contributed by atoms with Crippen LogP contribution in [0.1, 0.15) is 24.3 Å². The third kappa shape index (κ3) is 3.22. The van der Waals surface area contributed by atoms with Gasteiger partial charge >= 0.3 is 12.0 Å². The smallest absolute Gasteiger partial charge is 0.323 e. The molecule has 1 heterocycles. The second kappa shape index (κ2) is 5.07. The Morgan fingerprint density at radius 1 is 1.61 bits per heavy atom. The number of aryl methyl sites for hydroxylation is 1. The molecule has 0 bridgehead atoms. The largest absolute Gasteiger partial charge is 0.480 e. The number of carbonyl (C=O) groups is 2. The molecular formula is C11H15N3O4. The molecule has 1 aliphatic rings. The highest BCUT2D eigenvalue weighted by molar-refractivity contribution is 5.80. The first-order chi connectivity index (χ1) is 8.56. The molecule has 0 atom stereocenters. The Kier molecular flexibility index (Phi) is 3.50. The fourth-order valence-electron chi connectivity index (χ4n) is 1.67. The summed E-state index contributed by atoms with van der Waals surface area (Å²) < 4.78 is 4.87. The molecule has 0 spiro atoms. The van der Waals surface area contributed by atoms with Gasteiger partial charge in [0.15, 0.2) is 0 Å². The fourth-order valence-corrected chi connectivity index (χ4v) is 1.67. The van der Waals surface area contributed by atoms with Crippen LogP contribution >= 0.6 is 0 Å². The van der Waals surface area contributed by atoms with E-state index in [2.05, 4.69) is 10.5 Å². The molecule has 0 aliphatic heterocycles. The molecule has 7 nitrogen and oxygen atoms in total. The van der Waals surface area contributed by atoms with Gasteiger partial charge in [0, 0.05) is 12.1 Å². The Hall–Kier alpha value is -2.05. The van der Waals surface area contributed by atoms with Gasteiger partial charge < -0.3 is 19.8 Å². The number of carboxylic acid groups (broad SMARTS) is 1. The van der Waals surface area contributed by atoms with Crippen LogP contribution in [0.3, 0.4) is 0 Å². The Balaban J connectivity index is 1.87. The third-order valence-electron chi connectivity index (χ3n) is 2.65. The van der Waals surface area contributed by atoms with Gasteiger partial charge in [0.2, 0.25) is 0 Å². The van der Waals surface area contributed by atoms with Gasteiger partial charge in [0.25, 0.3) is 0 Å². The summed E-state index contributed by atoms with van der Waals surface area (Å²) in [6, 6.07) is 1.40. The molecule has 0 unspecified atom stereocenters. The van der Waals surface area contributed by atoms with E-state index in [0.717, 1.165) is 12.8 Å². The van der Waals surface area contributed by atoms with Crippen molar-refractivity contribution in [3.63, 3.8) is 0 Å². The lowest BCUT2D eigenvalue weighted by Crippen LogP contribution is -2.43. The summed E-state index contributed by atoms with van der Waals surface area (Å²) in [7, 11) is 0. The van der Waals surface area contributed by atoms with E-state index in [1.54, 1.807) is 13.0 Å². The number of aliphatic carboxylic acids is 1. The predicted molar refractivity (Wildman–Crippen MR) is 60.8 cm³/mol. The van der Waals surface area contributed by atoms with E-state index in [0.29, 0.717) is 11.5 Å². The minimum Gasteiger partial charge on any atom is -0.480 e. The molecule has 1 aliphatic carbocycles. The fraction of sp³-hybridized carbons (Fsp3) is 0.545. The highest BCUT2D eigenvalue weighted by Crippen LogP contribution is 2.26. The van der Waals surface area contributed by atoms with Crippen molar-refractivity contribution < 1.29 is 19.2 Å². The molecule has 2 rings (SSSR count). The molecule has 0 aromatic carbocycles. The van der Waals surface area contributed by atoms with Crippen LogP contribution in [-0.2, 0) is 11.3 Å². The zero-order valence-electron chi connectivity index (χ0n) is 10.0. The Morgan fingerprint density at radius 3 is 2.83 bits per heavy atom. The molecule has 7 heteroatoms. The van der Waals surface area contributed by atoms with Crippen molar-refractivity contribution in [2.75, 3.05) is 6.54 Å². The van der Waals surface area contributed by atoms with E-state index < -0.39 is 5.97 Å². The van der Waals surface area contributed by atoms with Gasteiger partial charge in [-0.05, 0) is 19.8 Å². The first kappa shape index (κ1) is 12.4. The maximum atomic E-state index is 11.8. The number of rotatable bonds is 5. The van der Waals surface area contributed by atoms with Crippen LogP contribution in [0.2, 0.25) is 0 Å². The molecule has 2 N–H and O–H groups in total. The summed E-state index contributed by atoms with van der Waals surface area (Å²) in [5, 5.41) is 15.1. The molecule has 18 heavy (non-hydrogen) atoms. The van der Waals surface area contributed by atoms with Gasteiger partial charge in [0.1, 0.15) is 18.0 Å². The monoisotopic (exact) mass is 253 g/mol. The number of carbonyl (C=O) groups excluding carboxylic acids is 1. The average molecular weight is 253 g/mol. The second-order valence-electron chi connectivity index (χ2n) is 4.34. The summed E-state index contributed by atoms with van der Waals surface area (Å²) in [6.45, 7) is 1.73. The number of urea groups is 1. The van der Waals surface area contributed by atoms with Crippen molar-refractivity contribution in [2.45, 2.75) is 32.4 Å². The van der Waals surface area contributed by atoms with Gasteiger partial charge in [-0.15, -0.1) is 0 Å². The van der Waals surface area contributed by atoms with Crippen LogP contribution < -0.4 is 5.32 Å². The lowest BCUT2D eigenvalue weighted by molar-refractivity contribution is -0.137. The van der Waals surface area contributed by atoms with Crippen LogP contribution in [-0.4, -0.2) is 39.8 Å². The minimum atomic E-state index is -1.01. The molecule has 1 fully saturated rings. The molecule has 0 radical (unpaired) electrons. The van der Waals surface area contributed by atoms with Crippen LogP contribution in [0.5, 0.6) is 0 Å². The molecule has 98 valence electrons. The number of nitrogens with zero attached hydrogens (tertiary/aromatic N) is 2. The van der Waals surface area contributed by atoms with Gasteiger partial charge in [0.05, 0.1) is 6.54 Å². The van der Waals surface area contributed by atoms with Gasteiger partial charge in [-0.1, -0.05) is 5.16 Å². The van der Waals surface area contributed by atoms with E-state index >= 15 is 0 Å². The molecule has 2 amide bonds. The number of aromatic nitrogens is 1. The van der Waals surface area contributed by atoms with Crippen LogP contribution in [0.25, 0.3) is 0 Å². The standard InChI is InChI=1S/C11H15N3O4/c1-7-4-8(13-18-7)5-12-11(17)14(6-10(15)16)9-2-3-9/h4,9H,2-3,5-6H2,1H3,(H,12,17)(H,15,16). The van der Waals surface area contributed by atoms with Crippen LogP contribution in [0.4, 0.5) is 4.79 Å². The summed E-state index contributed by atoms with van der Waals surface area (Å²) in [5.74, 6) is -0.335. The quantitative estimate of drug-likeness (QED) is 0.807. The van der Waals surface area contributed by atoms with Gasteiger partial charge in [-0.2, -0.15) is 0 Å². The number of carboxylic acids is 1. The topological polar surface area (TPSA) is 95.7 Å². The second-order valence-corrected chi connectivity index (χ2v) is 4.34. The highest BCUT2D eigenvalue weighted by Gasteiger charge is 2.33. The van der Waals surface area contributed by atoms with E-state index in [-0.39, 0.29) is 25.2 Å². The summed E-state index contributed by atoms with van der Waals surface area (Å²) in [4.78, 5) is 23.9. The summed E-state index contributed by atoms with van der Waals surface area (Å²) >= 11 is 0. The Bertz CT molecular complexity index is 453. The Morgan fingerprint density at radius 2 is 2.33 bits per heavy atom. The van der Waals surface area contributed by atoms with Crippen LogP contribution in [0, 0.1) is 6.92 Å². The summed E-state index contributed by atoms with van der Waals surface area (Å²) in [6.07, 6.45) is 1.73. The van der Waals surface area contributed by atoms with Gasteiger partial charge in [-0.3, -0.25) is 4.79 Å². The van der Waals surface area contributed by atoms with E-state index in [9.17, 15) is 9.59 Å². The molecular weight excluding hydrogens is 238 g/mol. The highest BCUT2D eigenvalue weighted by atomic mass is 16.5. The van der Waals surface area contributed by atoms with Crippen LogP contribution in [0.15, 0.2) is 10.6 Å². The number of hydrogen-bond donors (Lipinski definition) is 2. The first-order valence-corrected chi connectivity index (χ1v) is 5.74. The molecule has 1 saturated carbocycles. The number of amides is 2. The van der Waals surface area contributed by atoms with Crippen molar-refractivity contribution in [3.8, 4) is 0 Å². The van der Waals surface area contributed by atoms with E-state index in [4.69, 9.17) is 9.63 Å². The predicted octanol–water partition coefficient (Wildman–Crippen LogP) is 0.742. The maximum Gasteiger partial charge on any atom is 0.323 e. The van der Waals surface area contributed by atoms with Crippen molar-refractivity contribution in [1.29, 1.82) is 0 Å². The zero-order valence-corrected chi connectivity index (χ0v) is 10.0. The van der Waals surface area contributed by atoms with Crippen molar-refractivity contribution in [1.82, 2.24) is 15.4 Å². The average Bonchev–Trinajstić information content (AvgIpc) is 3.06. The third-order valence-corrected chi connectivity index (χ3v) is 2.65. The molecule has 1 aromatic heterocycles. The van der Waals surface area contributed by atoms with Crippen molar-refractivity contribution in [3.05, 3.63) is 17.5 Å². The number of nitrogens with one attached hydrogen (secondary N) is 1. The SMILES string of the molecule is Cc1cc(CNC(=O)N(CC(=O)O)C2CC2)no1. The molecule has 0 saturated heterocycles. The number of hydrogen-bond acceptors (Lipinski definition) is 4. The maximum absolute atomic E-state index is 11.8. The van der Waals surface area contributed by atoms with Gasteiger partial charge in [-0.25, -0.2) is 4.79 Å². The van der Waals surface area contributed by atoms with E-state index in [1.807, 2.05) is 0 Å². The lowest BCUT2D eigenvalue weighted by atomic mass is 10.4.